The van der Waals surface area contributed by atoms with Crippen LogP contribution in [0.3, 0.4) is 0 Å². The van der Waals surface area contributed by atoms with E-state index < -0.39 is 0 Å². The number of rotatable bonds is 2. The second-order valence-electron chi connectivity index (χ2n) is 6.49. The zero-order valence-corrected chi connectivity index (χ0v) is 14.4. The Bertz CT molecular complexity index is 916. The van der Waals surface area contributed by atoms with E-state index in [4.69, 9.17) is 27.9 Å². The van der Waals surface area contributed by atoms with Crippen LogP contribution in [0.4, 0.5) is 5.69 Å². The summed E-state index contributed by atoms with van der Waals surface area (Å²) in [5, 5.41) is 6.17. The van der Waals surface area contributed by atoms with E-state index in [9.17, 15) is 0 Å². The molecule has 0 unspecified atom stereocenters. The molecule has 122 valence electrons. The van der Waals surface area contributed by atoms with Gasteiger partial charge in [0.25, 0.3) is 0 Å². The number of benzene rings is 2. The second-order valence-corrected chi connectivity index (χ2v) is 7.36. The van der Waals surface area contributed by atoms with Crippen molar-refractivity contribution in [2.24, 2.45) is 5.92 Å². The molecule has 0 bridgehead atoms. The molecular weight excluding hydrogens is 343 g/mol. The van der Waals surface area contributed by atoms with Gasteiger partial charge in [0.1, 0.15) is 6.23 Å². The molecule has 0 spiro atoms. The van der Waals surface area contributed by atoms with Crippen molar-refractivity contribution >= 4 is 39.8 Å². The van der Waals surface area contributed by atoms with Crippen molar-refractivity contribution in [2.75, 3.05) is 11.9 Å². The summed E-state index contributed by atoms with van der Waals surface area (Å²) in [6, 6.07) is 16.5. The molecule has 24 heavy (non-hydrogen) atoms. The molecule has 0 amide bonds. The number of hydrogen-bond donors (Lipinski definition) is 1. The first-order valence-electron chi connectivity index (χ1n) is 8.15. The van der Waals surface area contributed by atoms with Crippen molar-refractivity contribution in [3.8, 4) is 0 Å². The van der Waals surface area contributed by atoms with Crippen LogP contribution in [0.1, 0.15) is 24.4 Å². The van der Waals surface area contributed by atoms with E-state index >= 15 is 0 Å². The van der Waals surface area contributed by atoms with Crippen molar-refractivity contribution in [1.82, 2.24) is 4.57 Å². The number of nitrogens with zero attached hydrogens (tertiary/aromatic N) is 1. The lowest BCUT2D eigenvalue weighted by molar-refractivity contribution is 0.0482. The van der Waals surface area contributed by atoms with E-state index in [1.54, 1.807) is 6.07 Å². The predicted octanol–water partition coefficient (Wildman–Crippen LogP) is 5.65. The molecular formula is C19H16Cl2N2O. The highest BCUT2D eigenvalue weighted by Crippen LogP contribution is 2.50. The zero-order chi connectivity index (χ0) is 16.3. The molecule has 0 aliphatic carbocycles. The third-order valence-electron chi connectivity index (χ3n) is 5.07. The molecule has 2 aromatic carbocycles. The zero-order valence-electron chi connectivity index (χ0n) is 12.9. The predicted molar refractivity (Wildman–Crippen MR) is 97.9 cm³/mol. The van der Waals surface area contributed by atoms with Gasteiger partial charge in [-0.15, -0.1) is 0 Å². The minimum atomic E-state index is 0.104. The maximum Gasteiger partial charge on any atom is 0.139 e. The maximum absolute atomic E-state index is 6.16. The fourth-order valence-corrected chi connectivity index (χ4v) is 4.65. The number of nitrogens with one attached hydrogen (secondary N) is 1. The number of ether oxygens (including phenoxy) is 1. The summed E-state index contributed by atoms with van der Waals surface area (Å²) < 4.78 is 8.40. The lowest BCUT2D eigenvalue weighted by Gasteiger charge is -2.20. The van der Waals surface area contributed by atoms with Gasteiger partial charge in [-0.2, -0.15) is 0 Å². The Balaban J connectivity index is 1.61. The van der Waals surface area contributed by atoms with Gasteiger partial charge in [0.2, 0.25) is 0 Å². The van der Waals surface area contributed by atoms with Crippen molar-refractivity contribution in [3.05, 3.63) is 64.3 Å². The van der Waals surface area contributed by atoms with Crippen molar-refractivity contribution in [1.29, 1.82) is 0 Å². The second kappa shape index (κ2) is 5.41. The maximum atomic E-state index is 6.16. The van der Waals surface area contributed by atoms with Gasteiger partial charge in [-0.3, -0.25) is 0 Å². The lowest BCUT2D eigenvalue weighted by atomic mass is 9.97. The van der Waals surface area contributed by atoms with Crippen LogP contribution < -0.4 is 5.32 Å². The van der Waals surface area contributed by atoms with Gasteiger partial charge in [0, 0.05) is 39.3 Å². The fourth-order valence-electron chi connectivity index (χ4n) is 4.13. The molecule has 3 atom stereocenters. The first kappa shape index (κ1) is 14.6. The molecule has 5 rings (SSSR count). The fraction of sp³-hybridized carbons (Fsp3) is 0.263. The van der Waals surface area contributed by atoms with Gasteiger partial charge >= 0.3 is 0 Å². The van der Waals surface area contributed by atoms with Gasteiger partial charge in [0.05, 0.1) is 11.6 Å². The number of aromatic nitrogens is 1. The first-order valence-corrected chi connectivity index (χ1v) is 8.90. The SMILES string of the molecule is Clc1cc(Cl)cc(N[C@H]2c3cc4ccccc4n3[C@H]3OCC[C@@H]23)c1. The van der Waals surface area contributed by atoms with Gasteiger partial charge in [-0.25, -0.2) is 0 Å². The summed E-state index contributed by atoms with van der Waals surface area (Å²) in [6.07, 6.45) is 1.15. The van der Waals surface area contributed by atoms with Crippen molar-refractivity contribution in [2.45, 2.75) is 18.7 Å². The highest BCUT2D eigenvalue weighted by molar-refractivity contribution is 6.35. The minimum absolute atomic E-state index is 0.104. The molecule has 2 aliphatic heterocycles. The van der Waals surface area contributed by atoms with Crippen LogP contribution in [-0.2, 0) is 4.74 Å². The minimum Gasteiger partial charge on any atom is -0.376 e. The quantitative estimate of drug-likeness (QED) is 0.640. The molecule has 3 heterocycles. The third kappa shape index (κ3) is 2.16. The molecule has 3 nitrogen and oxygen atoms in total. The smallest absolute Gasteiger partial charge is 0.139 e. The number of anilines is 1. The summed E-state index contributed by atoms with van der Waals surface area (Å²) in [7, 11) is 0. The summed E-state index contributed by atoms with van der Waals surface area (Å²) in [6.45, 7) is 0.801. The van der Waals surface area contributed by atoms with Crippen LogP contribution in [0.25, 0.3) is 10.9 Å². The van der Waals surface area contributed by atoms with Crippen molar-refractivity contribution in [3.63, 3.8) is 0 Å². The van der Waals surface area contributed by atoms with E-state index in [-0.39, 0.29) is 12.3 Å². The average molecular weight is 359 g/mol. The topological polar surface area (TPSA) is 26.2 Å². The Labute approximate surface area is 150 Å². The van der Waals surface area contributed by atoms with Crippen LogP contribution >= 0.6 is 23.2 Å². The number of fused-ring (bicyclic) bond motifs is 5. The van der Waals surface area contributed by atoms with E-state index in [2.05, 4.69) is 40.2 Å². The van der Waals surface area contributed by atoms with E-state index in [0.717, 1.165) is 18.7 Å². The van der Waals surface area contributed by atoms with Crippen LogP contribution in [0.15, 0.2) is 48.5 Å². The first-order chi connectivity index (χ1) is 11.7. The van der Waals surface area contributed by atoms with Crippen LogP contribution in [0, 0.1) is 5.92 Å². The molecule has 1 aromatic heterocycles. The Morgan fingerprint density at radius 3 is 2.67 bits per heavy atom. The number of halogens is 2. The molecule has 3 aromatic rings. The molecule has 5 heteroatoms. The van der Waals surface area contributed by atoms with E-state index in [0.29, 0.717) is 16.0 Å². The van der Waals surface area contributed by atoms with Gasteiger partial charge in [-0.05, 0) is 36.8 Å². The summed E-state index contributed by atoms with van der Waals surface area (Å²) in [4.78, 5) is 0. The van der Waals surface area contributed by atoms with Crippen LogP contribution in [-0.4, -0.2) is 11.2 Å². The van der Waals surface area contributed by atoms with Gasteiger partial charge in [-0.1, -0.05) is 41.4 Å². The Morgan fingerprint density at radius 2 is 1.83 bits per heavy atom. The molecule has 0 saturated carbocycles. The van der Waals surface area contributed by atoms with Gasteiger partial charge in [0.15, 0.2) is 0 Å². The monoisotopic (exact) mass is 358 g/mol. The molecule has 1 fully saturated rings. The third-order valence-corrected chi connectivity index (χ3v) is 5.51. The summed E-state index contributed by atoms with van der Waals surface area (Å²) in [5.41, 5.74) is 3.45. The van der Waals surface area contributed by atoms with Crippen LogP contribution in [0.5, 0.6) is 0 Å². The Hall–Kier alpha value is -1.68. The molecule has 2 aliphatic rings. The lowest BCUT2D eigenvalue weighted by Crippen LogP contribution is -2.16. The van der Waals surface area contributed by atoms with Gasteiger partial charge < -0.3 is 14.6 Å². The van der Waals surface area contributed by atoms with E-state index in [1.165, 1.54) is 16.6 Å². The van der Waals surface area contributed by atoms with Crippen molar-refractivity contribution < 1.29 is 4.74 Å². The molecule has 1 saturated heterocycles. The Morgan fingerprint density at radius 1 is 1.04 bits per heavy atom. The number of para-hydroxylation sites is 1. The van der Waals surface area contributed by atoms with E-state index in [1.807, 2.05) is 12.1 Å². The summed E-state index contributed by atoms with van der Waals surface area (Å²) >= 11 is 12.3. The largest absolute Gasteiger partial charge is 0.376 e. The highest BCUT2D eigenvalue weighted by atomic mass is 35.5. The molecule has 1 N–H and O–H groups in total. The number of hydrogen-bond acceptors (Lipinski definition) is 2. The average Bonchev–Trinajstić information content (AvgIpc) is 3.20. The standard InChI is InChI=1S/C19H16Cl2N2O/c20-12-8-13(21)10-14(9-12)22-18-15-5-6-24-19(15)23-16-4-2-1-3-11(16)7-17(18)23/h1-4,7-10,15,18-19,22H,5-6H2/t15-,18+,19-/m0/s1. The Kier molecular flexibility index (Phi) is 3.30. The van der Waals surface area contributed by atoms with Crippen LogP contribution in [0.2, 0.25) is 10.0 Å². The summed E-state index contributed by atoms with van der Waals surface area (Å²) in [5.74, 6) is 0.419. The molecule has 0 radical (unpaired) electrons. The normalized spacial score (nSPS) is 25.0. The highest BCUT2D eigenvalue weighted by Gasteiger charge is 2.45.